The maximum atomic E-state index is 12.3. The number of nitrogens with zero attached hydrogens (tertiary/aromatic N) is 1. The Morgan fingerprint density at radius 3 is 2.50 bits per heavy atom. The molecule has 0 aliphatic carbocycles. The monoisotopic (exact) mass is 300 g/mol. The van der Waals surface area contributed by atoms with Gasteiger partial charge in [0.25, 0.3) is 0 Å². The van der Waals surface area contributed by atoms with Crippen LogP contribution in [0, 0.1) is 0 Å². The van der Waals surface area contributed by atoms with Crippen LogP contribution >= 0.6 is 0 Å². The van der Waals surface area contributed by atoms with Gasteiger partial charge in [-0.05, 0) is 26.0 Å². The Kier molecular flexibility index (Phi) is 5.52. The largest absolute Gasteiger partial charge is 0.481 e. The van der Waals surface area contributed by atoms with Crippen LogP contribution in [0.3, 0.4) is 0 Å². The fourth-order valence-corrected chi connectivity index (χ4v) is 3.26. The van der Waals surface area contributed by atoms with Gasteiger partial charge in [-0.3, -0.25) is 4.79 Å². The number of nitrogens with one attached hydrogen (secondary N) is 1. The average molecular weight is 300 g/mol. The summed E-state index contributed by atoms with van der Waals surface area (Å²) in [5.41, 5.74) is 0.488. The lowest BCUT2D eigenvalue weighted by molar-refractivity contribution is -0.136. The first-order chi connectivity index (χ1) is 9.24. The van der Waals surface area contributed by atoms with Crippen molar-refractivity contribution in [3.05, 3.63) is 24.3 Å². The van der Waals surface area contributed by atoms with Crippen molar-refractivity contribution in [1.29, 1.82) is 0 Å². The molecule has 7 heteroatoms. The first kappa shape index (κ1) is 16.5. The number of sulfonamides is 1. The molecule has 0 aliphatic rings. The van der Waals surface area contributed by atoms with E-state index in [2.05, 4.69) is 4.72 Å². The molecule has 1 aromatic rings. The van der Waals surface area contributed by atoms with Crippen LogP contribution in [0.2, 0.25) is 0 Å². The van der Waals surface area contributed by atoms with Gasteiger partial charge < -0.3 is 10.0 Å². The van der Waals surface area contributed by atoms with E-state index >= 15 is 0 Å². The number of anilines is 1. The molecule has 20 heavy (non-hydrogen) atoms. The van der Waals surface area contributed by atoms with E-state index in [1.165, 1.54) is 6.07 Å². The zero-order valence-corrected chi connectivity index (χ0v) is 12.6. The first-order valence-electron chi connectivity index (χ1n) is 6.28. The van der Waals surface area contributed by atoms with Gasteiger partial charge in [0.1, 0.15) is 4.90 Å². The summed E-state index contributed by atoms with van der Waals surface area (Å²) >= 11 is 0. The van der Waals surface area contributed by atoms with E-state index in [-0.39, 0.29) is 23.9 Å². The molecule has 0 saturated carbocycles. The Morgan fingerprint density at radius 1 is 1.35 bits per heavy atom. The highest BCUT2D eigenvalue weighted by molar-refractivity contribution is 7.89. The predicted molar refractivity (Wildman–Crippen MR) is 77.4 cm³/mol. The minimum atomic E-state index is -3.61. The molecule has 112 valence electrons. The third-order valence-corrected chi connectivity index (χ3v) is 4.32. The SMILES string of the molecule is CC(C)NS(=O)(=O)c1ccccc1N(C)CCC(=O)O. The minimum absolute atomic E-state index is 0.0531. The van der Waals surface area contributed by atoms with Crippen molar-refractivity contribution in [3.8, 4) is 0 Å². The smallest absolute Gasteiger partial charge is 0.305 e. The number of carboxylic acids is 1. The Bertz CT molecular complexity index is 569. The van der Waals surface area contributed by atoms with Crippen molar-refractivity contribution in [2.45, 2.75) is 31.2 Å². The van der Waals surface area contributed by atoms with Crippen LogP contribution < -0.4 is 9.62 Å². The summed E-state index contributed by atoms with van der Waals surface area (Å²) in [4.78, 5) is 12.4. The van der Waals surface area contributed by atoms with Gasteiger partial charge in [-0.1, -0.05) is 12.1 Å². The normalized spacial score (nSPS) is 11.6. The van der Waals surface area contributed by atoms with Gasteiger partial charge in [0, 0.05) is 19.6 Å². The van der Waals surface area contributed by atoms with E-state index in [0.717, 1.165) is 0 Å². The van der Waals surface area contributed by atoms with Gasteiger partial charge in [0.05, 0.1) is 12.1 Å². The topological polar surface area (TPSA) is 86.7 Å². The van der Waals surface area contributed by atoms with E-state index in [4.69, 9.17) is 5.11 Å². The highest BCUT2D eigenvalue weighted by Crippen LogP contribution is 2.24. The molecule has 0 amide bonds. The minimum Gasteiger partial charge on any atom is -0.481 e. The molecule has 1 aromatic carbocycles. The fourth-order valence-electron chi connectivity index (χ4n) is 1.76. The van der Waals surface area contributed by atoms with E-state index < -0.39 is 16.0 Å². The molecule has 0 aliphatic heterocycles. The van der Waals surface area contributed by atoms with E-state index in [1.807, 2.05) is 0 Å². The van der Waals surface area contributed by atoms with Gasteiger partial charge in [-0.25, -0.2) is 13.1 Å². The lowest BCUT2D eigenvalue weighted by Crippen LogP contribution is -2.32. The summed E-state index contributed by atoms with van der Waals surface area (Å²) in [7, 11) is -1.94. The molecule has 1 rings (SSSR count). The molecule has 0 bridgehead atoms. The molecule has 0 unspecified atom stereocenters. The molecule has 0 heterocycles. The highest BCUT2D eigenvalue weighted by atomic mass is 32.2. The second kappa shape index (κ2) is 6.71. The number of benzene rings is 1. The lowest BCUT2D eigenvalue weighted by atomic mass is 10.3. The summed E-state index contributed by atoms with van der Waals surface area (Å²) in [5, 5.41) is 8.70. The molecular weight excluding hydrogens is 280 g/mol. The standard InChI is InChI=1S/C13H20N2O4S/c1-10(2)14-20(18,19)12-7-5-4-6-11(12)15(3)9-8-13(16)17/h4-7,10,14H,8-9H2,1-3H3,(H,16,17). The predicted octanol–water partition coefficient (Wildman–Crippen LogP) is 1.28. The molecule has 0 radical (unpaired) electrons. The molecule has 0 atom stereocenters. The third-order valence-electron chi connectivity index (χ3n) is 2.62. The lowest BCUT2D eigenvalue weighted by Gasteiger charge is -2.22. The number of hydrogen-bond donors (Lipinski definition) is 2. The number of aliphatic carboxylic acids is 1. The number of para-hydroxylation sites is 1. The van der Waals surface area contributed by atoms with Crippen molar-refractivity contribution in [1.82, 2.24) is 4.72 Å². The van der Waals surface area contributed by atoms with Crippen molar-refractivity contribution in [2.24, 2.45) is 0 Å². The molecular formula is C13H20N2O4S. The van der Waals surface area contributed by atoms with Gasteiger partial charge >= 0.3 is 5.97 Å². The van der Waals surface area contributed by atoms with Crippen LogP contribution in [-0.4, -0.2) is 39.1 Å². The van der Waals surface area contributed by atoms with Gasteiger partial charge in [-0.15, -0.1) is 0 Å². The van der Waals surface area contributed by atoms with Crippen molar-refractivity contribution >= 4 is 21.7 Å². The van der Waals surface area contributed by atoms with E-state index in [1.54, 1.807) is 44.0 Å². The van der Waals surface area contributed by atoms with Crippen LogP contribution in [0.15, 0.2) is 29.2 Å². The molecule has 6 nitrogen and oxygen atoms in total. The number of carboxylic acid groups (broad SMARTS) is 1. The zero-order chi connectivity index (χ0) is 15.3. The van der Waals surface area contributed by atoms with Crippen molar-refractivity contribution < 1.29 is 18.3 Å². The first-order valence-corrected chi connectivity index (χ1v) is 7.76. The molecule has 2 N–H and O–H groups in total. The van der Waals surface area contributed by atoms with Crippen LogP contribution in [0.1, 0.15) is 20.3 Å². The van der Waals surface area contributed by atoms with E-state index in [9.17, 15) is 13.2 Å². The maximum Gasteiger partial charge on any atom is 0.305 e. The Balaban J connectivity index is 3.07. The molecule has 0 fully saturated rings. The number of carbonyl (C=O) groups is 1. The van der Waals surface area contributed by atoms with Crippen molar-refractivity contribution in [2.75, 3.05) is 18.5 Å². The summed E-state index contributed by atoms with van der Waals surface area (Å²) < 4.78 is 27.0. The van der Waals surface area contributed by atoms with Crippen LogP contribution in [-0.2, 0) is 14.8 Å². The fraction of sp³-hybridized carbons (Fsp3) is 0.462. The molecule has 0 aromatic heterocycles. The zero-order valence-electron chi connectivity index (χ0n) is 11.8. The number of hydrogen-bond acceptors (Lipinski definition) is 4. The quantitative estimate of drug-likeness (QED) is 0.792. The maximum absolute atomic E-state index is 12.3. The van der Waals surface area contributed by atoms with Crippen LogP contribution in [0.25, 0.3) is 0 Å². The Hall–Kier alpha value is -1.60. The second-order valence-corrected chi connectivity index (χ2v) is 6.49. The van der Waals surface area contributed by atoms with E-state index in [0.29, 0.717) is 5.69 Å². The average Bonchev–Trinajstić information content (AvgIpc) is 2.34. The molecule has 0 saturated heterocycles. The Morgan fingerprint density at radius 2 is 1.95 bits per heavy atom. The van der Waals surface area contributed by atoms with Gasteiger partial charge in [0.15, 0.2) is 0 Å². The van der Waals surface area contributed by atoms with Gasteiger partial charge in [-0.2, -0.15) is 0 Å². The summed E-state index contributed by atoms with van der Waals surface area (Å²) in [5.74, 6) is -0.919. The van der Waals surface area contributed by atoms with Gasteiger partial charge in [0.2, 0.25) is 10.0 Å². The number of rotatable bonds is 7. The summed E-state index contributed by atoms with van der Waals surface area (Å²) in [6.45, 7) is 3.73. The highest BCUT2D eigenvalue weighted by Gasteiger charge is 2.21. The third kappa shape index (κ3) is 4.50. The molecule has 0 spiro atoms. The summed E-state index contributed by atoms with van der Waals surface area (Å²) in [6.07, 6.45) is -0.0531. The van der Waals surface area contributed by atoms with Crippen LogP contribution in [0.5, 0.6) is 0 Å². The second-order valence-electron chi connectivity index (χ2n) is 4.81. The summed E-state index contributed by atoms with van der Waals surface area (Å²) in [6, 6.07) is 6.33. The Labute approximate surface area is 119 Å². The van der Waals surface area contributed by atoms with Crippen LogP contribution in [0.4, 0.5) is 5.69 Å². The van der Waals surface area contributed by atoms with Crippen molar-refractivity contribution in [3.63, 3.8) is 0 Å².